The molecule has 5 rings (SSSR count). The first kappa shape index (κ1) is 25.7. The van der Waals surface area contributed by atoms with Crippen LogP contribution in [0.5, 0.6) is 0 Å². The number of ketones is 1. The van der Waals surface area contributed by atoms with Gasteiger partial charge in [0.1, 0.15) is 16.9 Å². The van der Waals surface area contributed by atoms with Gasteiger partial charge in [0.25, 0.3) is 0 Å². The summed E-state index contributed by atoms with van der Waals surface area (Å²) in [4.78, 5) is 28.2. The summed E-state index contributed by atoms with van der Waals surface area (Å²) in [5.74, 6) is -0.119. The number of nitrogens with zero attached hydrogens (tertiary/aromatic N) is 3. The van der Waals surface area contributed by atoms with Crippen molar-refractivity contribution in [2.24, 2.45) is 5.92 Å². The van der Waals surface area contributed by atoms with Crippen LogP contribution < -0.4 is 15.4 Å². The van der Waals surface area contributed by atoms with Crippen LogP contribution in [0.4, 0.5) is 11.8 Å². The van der Waals surface area contributed by atoms with Crippen LogP contribution in [0, 0.1) is 12.8 Å². The molecule has 1 saturated carbocycles. The van der Waals surface area contributed by atoms with Crippen molar-refractivity contribution in [1.82, 2.24) is 19.7 Å². The standard InChI is InChI=1S/C24H26N6O4S3/c1-13-19(23-29-16-7-3-4-8-18(16)36-23)22(30-24(27-13)25-12-15-6-5-9-35-15)28-17-10-14(20(31)21(17)32)11-26-37(2,33)34/h3-9,14,17,20,26,31H,10-12H2,1-2H3,(H2,25,27,28,30). The number of carbonyl (C=O) groups is 1. The van der Waals surface area contributed by atoms with Gasteiger partial charge in [-0.15, -0.1) is 22.7 Å². The Morgan fingerprint density at radius 3 is 2.68 bits per heavy atom. The molecule has 37 heavy (non-hydrogen) atoms. The zero-order valence-electron chi connectivity index (χ0n) is 20.1. The van der Waals surface area contributed by atoms with E-state index in [0.717, 1.165) is 21.3 Å². The second-order valence-corrected chi connectivity index (χ2v) is 12.8. The number of aliphatic hydroxyl groups is 1. The molecule has 13 heteroatoms. The van der Waals surface area contributed by atoms with Crippen molar-refractivity contribution in [3.8, 4) is 10.6 Å². The highest BCUT2D eigenvalue weighted by atomic mass is 32.2. The van der Waals surface area contributed by atoms with Crippen LogP contribution >= 0.6 is 22.7 Å². The molecule has 0 saturated heterocycles. The number of anilines is 2. The van der Waals surface area contributed by atoms with Crippen molar-refractivity contribution < 1.29 is 18.3 Å². The summed E-state index contributed by atoms with van der Waals surface area (Å²) in [6.45, 7) is 2.40. The predicted molar refractivity (Wildman–Crippen MR) is 146 cm³/mol. The molecule has 4 aromatic rings. The lowest BCUT2D eigenvalue weighted by Crippen LogP contribution is -2.34. The molecule has 194 valence electrons. The number of thiazole rings is 1. The number of rotatable bonds is 9. The minimum atomic E-state index is -3.45. The maximum Gasteiger partial charge on any atom is 0.225 e. The first-order valence-electron chi connectivity index (χ1n) is 11.6. The maximum atomic E-state index is 12.9. The van der Waals surface area contributed by atoms with E-state index >= 15 is 0 Å². The van der Waals surface area contributed by atoms with Crippen molar-refractivity contribution in [2.75, 3.05) is 23.4 Å². The third kappa shape index (κ3) is 5.80. The molecule has 1 aliphatic carbocycles. The molecule has 3 unspecified atom stereocenters. The Kier molecular flexibility index (Phi) is 7.23. The van der Waals surface area contributed by atoms with Crippen molar-refractivity contribution in [1.29, 1.82) is 0 Å². The Labute approximate surface area is 222 Å². The van der Waals surface area contributed by atoms with Gasteiger partial charge in [0.2, 0.25) is 16.0 Å². The molecule has 1 fully saturated rings. The molecule has 3 heterocycles. The highest BCUT2D eigenvalue weighted by molar-refractivity contribution is 7.88. The van der Waals surface area contributed by atoms with Gasteiger partial charge in [-0.2, -0.15) is 4.98 Å². The van der Waals surface area contributed by atoms with Crippen molar-refractivity contribution in [3.63, 3.8) is 0 Å². The number of fused-ring (bicyclic) bond motifs is 1. The smallest absolute Gasteiger partial charge is 0.225 e. The van der Waals surface area contributed by atoms with E-state index in [-0.39, 0.29) is 13.0 Å². The zero-order valence-corrected chi connectivity index (χ0v) is 22.6. The lowest BCUT2D eigenvalue weighted by atomic mass is 10.1. The Morgan fingerprint density at radius 1 is 1.14 bits per heavy atom. The Hall–Kier alpha value is -2.97. The third-order valence-corrected chi connectivity index (χ3v) is 8.76. The first-order chi connectivity index (χ1) is 17.7. The van der Waals surface area contributed by atoms with Gasteiger partial charge in [0.15, 0.2) is 5.78 Å². The number of aromatic nitrogens is 3. The van der Waals surface area contributed by atoms with Crippen molar-refractivity contribution in [3.05, 3.63) is 52.3 Å². The maximum absolute atomic E-state index is 12.9. The number of nitrogens with one attached hydrogen (secondary N) is 3. The van der Waals surface area contributed by atoms with Gasteiger partial charge in [-0.1, -0.05) is 18.2 Å². The third-order valence-electron chi connectivity index (χ3n) is 6.14. The number of thiophene rings is 1. The Bertz CT molecular complexity index is 1500. The molecule has 1 aromatic carbocycles. The van der Waals surface area contributed by atoms with Crippen LogP contribution in [0.2, 0.25) is 0 Å². The fourth-order valence-corrected chi connectivity index (χ4v) is 6.53. The van der Waals surface area contributed by atoms with Crippen LogP contribution in [0.1, 0.15) is 17.0 Å². The molecule has 0 bridgehead atoms. The van der Waals surface area contributed by atoms with E-state index < -0.39 is 33.9 Å². The molecule has 3 aromatic heterocycles. The number of sulfonamides is 1. The van der Waals surface area contributed by atoms with Crippen molar-refractivity contribution >= 4 is 60.5 Å². The van der Waals surface area contributed by atoms with Crippen molar-refractivity contribution in [2.45, 2.75) is 32.0 Å². The molecule has 4 N–H and O–H groups in total. The van der Waals surface area contributed by atoms with Crippen LogP contribution in [0.15, 0.2) is 41.8 Å². The van der Waals surface area contributed by atoms with Gasteiger partial charge in [-0.3, -0.25) is 4.79 Å². The van der Waals surface area contributed by atoms with E-state index in [1.807, 2.05) is 48.7 Å². The lowest BCUT2D eigenvalue weighted by molar-refractivity contribution is -0.125. The Balaban J connectivity index is 1.47. The lowest BCUT2D eigenvalue weighted by Gasteiger charge is -2.17. The second-order valence-electron chi connectivity index (χ2n) is 8.94. The average molecular weight is 559 g/mol. The predicted octanol–water partition coefficient (Wildman–Crippen LogP) is 3.01. The molecule has 0 spiro atoms. The quantitative estimate of drug-likeness (QED) is 0.243. The van der Waals surface area contributed by atoms with Gasteiger partial charge < -0.3 is 15.7 Å². The SMILES string of the molecule is Cc1nc(NCc2cccs2)nc(NC2CC(CNS(C)(=O)=O)C(O)C2=O)c1-c1nc2ccccc2s1. The summed E-state index contributed by atoms with van der Waals surface area (Å²) in [5, 5.41) is 19.7. The number of carbonyl (C=O) groups excluding carboxylic acids is 1. The summed E-state index contributed by atoms with van der Waals surface area (Å²) in [7, 11) is -3.45. The van der Waals surface area contributed by atoms with E-state index in [1.54, 1.807) is 11.3 Å². The number of Topliss-reactive ketones (excluding diaryl/α,β-unsaturated/α-hetero) is 1. The number of para-hydroxylation sites is 1. The molecule has 0 amide bonds. The van der Waals surface area contributed by atoms with E-state index in [9.17, 15) is 18.3 Å². The number of aliphatic hydroxyl groups excluding tert-OH is 1. The summed E-state index contributed by atoms with van der Waals surface area (Å²) in [5.41, 5.74) is 2.22. The zero-order chi connectivity index (χ0) is 26.2. The average Bonchev–Trinajstić information content (AvgIpc) is 3.57. The summed E-state index contributed by atoms with van der Waals surface area (Å²) in [6.07, 6.45) is 0.0184. The Morgan fingerprint density at radius 2 is 1.95 bits per heavy atom. The fourth-order valence-electron chi connectivity index (χ4n) is 4.31. The van der Waals surface area contributed by atoms with Crippen LogP contribution in [-0.2, 0) is 21.4 Å². The molecule has 10 nitrogen and oxygen atoms in total. The van der Waals surface area contributed by atoms with Gasteiger partial charge in [-0.05, 0) is 36.9 Å². The molecular formula is C24H26N6O4S3. The van der Waals surface area contributed by atoms with Gasteiger partial charge >= 0.3 is 0 Å². The van der Waals surface area contributed by atoms with Crippen LogP contribution in [0.3, 0.4) is 0 Å². The van der Waals surface area contributed by atoms with E-state index in [4.69, 9.17) is 9.97 Å². The monoisotopic (exact) mass is 558 g/mol. The molecular weight excluding hydrogens is 533 g/mol. The minimum Gasteiger partial charge on any atom is -0.385 e. The van der Waals surface area contributed by atoms with Crippen LogP contribution in [-0.4, -0.2) is 59.2 Å². The first-order valence-corrected chi connectivity index (χ1v) is 15.2. The summed E-state index contributed by atoms with van der Waals surface area (Å²) >= 11 is 3.13. The molecule has 3 atom stereocenters. The van der Waals surface area contributed by atoms with E-state index in [1.165, 1.54) is 11.3 Å². The van der Waals surface area contributed by atoms with E-state index in [0.29, 0.717) is 34.6 Å². The van der Waals surface area contributed by atoms with Gasteiger partial charge in [-0.25, -0.2) is 23.1 Å². The number of aryl methyl sites for hydroxylation is 1. The summed E-state index contributed by atoms with van der Waals surface area (Å²) < 4.78 is 26.5. The van der Waals surface area contributed by atoms with Crippen LogP contribution in [0.25, 0.3) is 20.8 Å². The number of hydrogen-bond donors (Lipinski definition) is 4. The fraction of sp³-hybridized carbons (Fsp3) is 0.333. The molecule has 0 aliphatic heterocycles. The normalized spacial score (nSPS) is 20.0. The minimum absolute atomic E-state index is 0.0228. The van der Waals surface area contributed by atoms with E-state index in [2.05, 4.69) is 20.3 Å². The van der Waals surface area contributed by atoms with Gasteiger partial charge in [0.05, 0.1) is 40.3 Å². The topological polar surface area (TPSA) is 146 Å². The highest BCUT2D eigenvalue weighted by Crippen LogP contribution is 2.37. The number of hydrogen-bond acceptors (Lipinski definition) is 11. The molecule has 1 aliphatic rings. The number of benzene rings is 1. The molecule has 0 radical (unpaired) electrons. The van der Waals surface area contributed by atoms with Gasteiger partial charge in [0, 0.05) is 17.3 Å². The largest absolute Gasteiger partial charge is 0.385 e. The second kappa shape index (κ2) is 10.4. The summed E-state index contributed by atoms with van der Waals surface area (Å²) in [6, 6.07) is 11.1. The highest BCUT2D eigenvalue weighted by Gasteiger charge is 2.42.